The van der Waals surface area contributed by atoms with E-state index in [0.717, 1.165) is 22.8 Å². The monoisotopic (exact) mass is 471 g/mol. The van der Waals surface area contributed by atoms with Crippen LogP contribution in [-0.4, -0.2) is 32.0 Å². The second-order valence-corrected chi connectivity index (χ2v) is 8.33. The fraction of sp³-hybridized carbons (Fsp3) is 0.115. The molecule has 1 amide bonds. The molecule has 1 fully saturated rings. The zero-order valence-electron chi connectivity index (χ0n) is 18.1. The Bertz CT molecular complexity index is 1290. The van der Waals surface area contributed by atoms with E-state index in [2.05, 4.69) is 15.6 Å². The first-order valence-corrected chi connectivity index (χ1v) is 11.3. The van der Waals surface area contributed by atoms with E-state index in [0.29, 0.717) is 5.11 Å². The molecule has 0 aliphatic carbocycles. The molecule has 170 valence electrons. The van der Waals surface area contributed by atoms with E-state index in [1.807, 2.05) is 76.3 Å². The topological polar surface area (TPSA) is 62.2 Å². The molecular weight excluding hydrogens is 449 g/mol. The predicted octanol–water partition coefficient (Wildman–Crippen LogP) is 4.62. The quantitative estimate of drug-likeness (QED) is 0.402. The molecule has 2 aromatic heterocycles. The summed E-state index contributed by atoms with van der Waals surface area (Å²) < 4.78 is 15.5. The molecule has 0 radical (unpaired) electrons. The molecule has 34 heavy (non-hydrogen) atoms. The third-order valence-electron chi connectivity index (χ3n) is 5.76. The van der Waals surface area contributed by atoms with Gasteiger partial charge in [-0.1, -0.05) is 24.3 Å². The maximum atomic E-state index is 13.6. The van der Waals surface area contributed by atoms with Gasteiger partial charge in [-0.2, -0.15) is 0 Å². The Morgan fingerprint density at radius 3 is 2.50 bits per heavy atom. The van der Waals surface area contributed by atoms with Crippen LogP contribution >= 0.6 is 12.2 Å². The van der Waals surface area contributed by atoms with Gasteiger partial charge >= 0.3 is 0 Å². The molecule has 1 aliphatic heterocycles. The number of pyridine rings is 1. The Balaban J connectivity index is 1.51. The lowest BCUT2D eigenvalue weighted by Crippen LogP contribution is -2.37. The SMILES string of the molecule is O=C(CN1C(=S)N[C@H](c2ccccn2)[C@H]1c1cccn1-c1ccc(F)cc1)Nc1ccccc1. The Kier molecular flexibility index (Phi) is 6.05. The fourth-order valence-electron chi connectivity index (χ4n) is 4.25. The molecule has 8 heteroatoms. The van der Waals surface area contributed by atoms with Crippen molar-refractivity contribution in [2.24, 2.45) is 0 Å². The van der Waals surface area contributed by atoms with Crippen molar-refractivity contribution < 1.29 is 9.18 Å². The lowest BCUT2D eigenvalue weighted by molar-refractivity contribution is -0.116. The molecular formula is C26H22FN5OS. The first kappa shape index (κ1) is 21.8. The van der Waals surface area contributed by atoms with Crippen molar-refractivity contribution in [2.75, 3.05) is 11.9 Å². The molecule has 6 nitrogen and oxygen atoms in total. The largest absolute Gasteiger partial charge is 0.352 e. The zero-order chi connectivity index (χ0) is 23.5. The van der Waals surface area contributed by atoms with Crippen LogP contribution in [-0.2, 0) is 4.79 Å². The molecule has 1 saturated heterocycles. The minimum Gasteiger partial charge on any atom is -0.352 e. The molecule has 0 saturated carbocycles. The molecule has 0 bridgehead atoms. The second-order valence-electron chi connectivity index (χ2n) is 7.95. The number of nitrogens with zero attached hydrogens (tertiary/aromatic N) is 3. The Hall–Kier alpha value is -4.04. The van der Waals surface area contributed by atoms with Crippen molar-refractivity contribution in [3.63, 3.8) is 0 Å². The smallest absolute Gasteiger partial charge is 0.244 e. The lowest BCUT2D eigenvalue weighted by atomic mass is 10.0. The molecule has 2 atom stereocenters. The number of carbonyl (C=O) groups is 1. The first-order valence-electron chi connectivity index (χ1n) is 10.9. The molecule has 2 aromatic carbocycles. The summed E-state index contributed by atoms with van der Waals surface area (Å²) in [4.78, 5) is 19.4. The van der Waals surface area contributed by atoms with Crippen LogP contribution in [0, 0.1) is 5.82 Å². The van der Waals surface area contributed by atoms with Gasteiger partial charge in [0, 0.05) is 29.5 Å². The molecule has 3 heterocycles. The maximum absolute atomic E-state index is 13.6. The molecule has 1 aliphatic rings. The molecule has 5 rings (SSSR count). The summed E-state index contributed by atoms with van der Waals surface area (Å²) >= 11 is 5.68. The van der Waals surface area contributed by atoms with E-state index in [1.54, 1.807) is 18.3 Å². The summed E-state index contributed by atoms with van der Waals surface area (Å²) in [7, 11) is 0. The van der Waals surface area contributed by atoms with Gasteiger partial charge in [0.25, 0.3) is 0 Å². The highest BCUT2D eigenvalue weighted by atomic mass is 32.1. The van der Waals surface area contributed by atoms with Crippen molar-refractivity contribution in [2.45, 2.75) is 12.1 Å². The third-order valence-corrected chi connectivity index (χ3v) is 6.11. The molecule has 0 spiro atoms. The van der Waals surface area contributed by atoms with Crippen LogP contribution in [0.3, 0.4) is 0 Å². The Morgan fingerprint density at radius 1 is 1.00 bits per heavy atom. The normalized spacial score (nSPS) is 17.4. The van der Waals surface area contributed by atoms with Crippen molar-refractivity contribution in [1.82, 2.24) is 19.8 Å². The van der Waals surface area contributed by atoms with E-state index in [1.165, 1.54) is 12.1 Å². The number of hydrogen-bond donors (Lipinski definition) is 2. The second kappa shape index (κ2) is 9.44. The summed E-state index contributed by atoms with van der Waals surface area (Å²) in [5.41, 5.74) is 3.25. The van der Waals surface area contributed by atoms with Crippen molar-refractivity contribution >= 4 is 28.9 Å². The maximum Gasteiger partial charge on any atom is 0.244 e. The van der Waals surface area contributed by atoms with Crippen molar-refractivity contribution in [3.05, 3.63) is 115 Å². The Labute approximate surface area is 202 Å². The summed E-state index contributed by atoms with van der Waals surface area (Å²) in [5, 5.41) is 6.76. The van der Waals surface area contributed by atoms with E-state index in [9.17, 15) is 9.18 Å². The number of carbonyl (C=O) groups excluding carboxylic acids is 1. The van der Waals surface area contributed by atoms with Crippen LogP contribution in [0.25, 0.3) is 5.69 Å². The number of hydrogen-bond acceptors (Lipinski definition) is 3. The summed E-state index contributed by atoms with van der Waals surface area (Å²) in [6.45, 7) is 0.0589. The summed E-state index contributed by atoms with van der Waals surface area (Å²) in [6, 6.07) is 24.7. The van der Waals surface area contributed by atoms with Crippen LogP contribution in [0.5, 0.6) is 0 Å². The van der Waals surface area contributed by atoms with E-state index >= 15 is 0 Å². The number of aromatic nitrogens is 2. The highest BCUT2D eigenvalue weighted by molar-refractivity contribution is 7.80. The van der Waals surface area contributed by atoms with Gasteiger partial charge in [0.1, 0.15) is 12.4 Å². The van der Waals surface area contributed by atoms with Gasteiger partial charge in [-0.15, -0.1) is 0 Å². The van der Waals surface area contributed by atoms with Gasteiger partial charge < -0.3 is 20.1 Å². The van der Waals surface area contributed by atoms with Crippen LogP contribution in [0.4, 0.5) is 10.1 Å². The Morgan fingerprint density at radius 2 is 1.76 bits per heavy atom. The van der Waals surface area contributed by atoms with Gasteiger partial charge in [0.2, 0.25) is 5.91 Å². The number of rotatable bonds is 6. The third kappa shape index (κ3) is 4.40. The minimum atomic E-state index is -0.316. The summed E-state index contributed by atoms with van der Waals surface area (Å²) in [5.74, 6) is -0.478. The van der Waals surface area contributed by atoms with Gasteiger partial charge in [-0.05, 0) is 72.9 Å². The molecule has 0 unspecified atom stereocenters. The number of thiocarbonyl (C=S) groups is 1. The molecule has 2 N–H and O–H groups in total. The van der Waals surface area contributed by atoms with Crippen molar-refractivity contribution in [3.8, 4) is 5.69 Å². The average Bonchev–Trinajstić information content (AvgIpc) is 3.45. The summed E-state index contributed by atoms with van der Waals surface area (Å²) in [6.07, 6.45) is 3.66. The number of benzene rings is 2. The van der Waals surface area contributed by atoms with Crippen molar-refractivity contribution in [1.29, 1.82) is 0 Å². The lowest BCUT2D eigenvalue weighted by Gasteiger charge is -2.28. The van der Waals surface area contributed by atoms with E-state index < -0.39 is 0 Å². The fourth-order valence-corrected chi connectivity index (χ4v) is 4.55. The van der Waals surface area contributed by atoms with Gasteiger partial charge in [-0.3, -0.25) is 9.78 Å². The van der Waals surface area contributed by atoms with E-state index in [-0.39, 0.29) is 30.4 Å². The van der Waals surface area contributed by atoms with Crippen LogP contribution in [0.2, 0.25) is 0 Å². The number of para-hydroxylation sites is 1. The van der Waals surface area contributed by atoms with Gasteiger partial charge in [0.05, 0.1) is 17.8 Å². The van der Waals surface area contributed by atoms with Crippen LogP contribution in [0.1, 0.15) is 23.5 Å². The minimum absolute atomic E-state index is 0.0589. The molecule has 4 aromatic rings. The van der Waals surface area contributed by atoms with Gasteiger partial charge in [-0.25, -0.2) is 4.39 Å². The average molecular weight is 472 g/mol. The first-order chi connectivity index (χ1) is 16.6. The number of anilines is 1. The van der Waals surface area contributed by atoms with Crippen LogP contribution < -0.4 is 10.6 Å². The standard InChI is InChI=1S/C26H22FN5OS/c27-18-11-13-20(14-12-18)31-16-6-10-22(31)25-24(21-9-4-5-15-28-21)30-26(34)32(25)17-23(33)29-19-7-2-1-3-8-19/h1-16,24-25H,17H2,(H,29,33)(H,30,34)/t24-,25-/m1/s1. The number of halogens is 1. The number of amides is 1. The zero-order valence-corrected chi connectivity index (χ0v) is 19.0. The van der Waals surface area contributed by atoms with Gasteiger partial charge in [0.15, 0.2) is 5.11 Å². The number of nitrogens with one attached hydrogen (secondary N) is 2. The van der Waals surface area contributed by atoms with Crippen LogP contribution in [0.15, 0.2) is 97.3 Å². The highest BCUT2D eigenvalue weighted by Crippen LogP contribution is 2.39. The predicted molar refractivity (Wildman–Crippen MR) is 133 cm³/mol. The van der Waals surface area contributed by atoms with E-state index in [4.69, 9.17) is 12.2 Å². The highest BCUT2D eigenvalue weighted by Gasteiger charge is 2.42.